The van der Waals surface area contributed by atoms with E-state index in [1.807, 2.05) is 19.1 Å². The number of hydrogen-bond acceptors (Lipinski definition) is 9. The minimum Gasteiger partial charge on any atom is -0.461 e. The van der Waals surface area contributed by atoms with Gasteiger partial charge in [0.15, 0.2) is 0 Å². The molecular formula is C40H47F2N7O3. The molecule has 2 aromatic heterocycles. The molecule has 3 aromatic rings. The summed E-state index contributed by atoms with van der Waals surface area (Å²) in [6, 6.07) is 6.81. The van der Waals surface area contributed by atoms with Crippen LogP contribution in [0.3, 0.4) is 0 Å². The Balaban J connectivity index is 1.21. The zero-order valence-electron chi connectivity index (χ0n) is 29.7. The van der Waals surface area contributed by atoms with Crippen LogP contribution in [0.15, 0.2) is 49.3 Å². The van der Waals surface area contributed by atoms with Crippen LogP contribution < -0.4 is 15.0 Å². The van der Waals surface area contributed by atoms with E-state index in [2.05, 4.69) is 37.5 Å². The van der Waals surface area contributed by atoms with Gasteiger partial charge in [0.1, 0.15) is 24.4 Å². The monoisotopic (exact) mass is 711 g/mol. The lowest BCUT2D eigenvalue weighted by molar-refractivity contribution is -0.117. The Morgan fingerprint density at radius 3 is 2.90 bits per heavy atom. The third-order valence-corrected chi connectivity index (χ3v) is 11.2. The van der Waals surface area contributed by atoms with Gasteiger partial charge in [-0.05, 0) is 80.3 Å². The molecule has 2 N–H and O–H groups in total. The maximum absolute atomic E-state index is 15.0. The number of nitrogens with zero attached hydrogens (tertiary/aromatic N) is 6. The summed E-state index contributed by atoms with van der Waals surface area (Å²) in [5, 5.41) is 14.0. The minimum atomic E-state index is -0.995. The molecule has 0 saturated carbocycles. The lowest BCUT2D eigenvalue weighted by Gasteiger charge is -2.41. The number of hydrogen-bond donors (Lipinski definition) is 2. The number of aliphatic hydroxyl groups excluding tert-OH is 1. The number of benzene rings is 1. The van der Waals surface area contributed by atoms with E-state index in [4.69, 9.17) is 21.1 Å². The van der Waals surface area contributed by atoms with Gasteiger partial charge in [-0.1, -0.05) is 24.6 Å². The van der Waals surface area contributed by atoms with E-state index in [1.165, 1.54) is 12.1 Å². The molecule has 4 aliphatic rings. The Morgan fingerprint density at radius 2 is 2.12 bits per heavy atom. The highest BCUT2D eigenvalue weighted by atomic mass is 19.1. The number of anilines is 1. The SMILES string of the molecule is C#Cc1c(F)ccc2c1[C@@H](N1CCc3c(nc(OC[C@]4(C)C[C@@H](F)CN4Cc4cccnc4)nc3N3CCCCC(NC(=O)C=C)C3)C1)C[C@@H](O)C2. The number of terminal acetylenes is 1. The molecule has 2 saturated heterocycles. The van der Waals surface area contributed by atoms with Crippen LogP contribution in [0.2, 0.25) is 0 Å². The highest BCUT2D eigenvalue weighted by Gasteiger charge is 2.43. The Labute approximate surface area is 304 Å². The lowest BCUT2D eigenvalue weighted by Crippen LogP contribution is -2.46. The Kier molecular flexibility index (Phi) is 10.6. The van der Waals surface area contributed by atoms with Gasteiger partial charge in [-0.15, -0.1) is 6.42 Å². The predicted molar refractivity (Wildman–Crippen MR) is 194 cm³/mol. The second kappa shape index (κ2) is 15.3. The molecule has 5 atom stereocenters. The van der Waals surface area contributed by atoms with E-state index in [-0.39, 0.29) is 36.2 Å². The Bertz CT molecular complexity index is 1840. The largest absolute Gasteiger partial charge is 0.461 e. The molecule has 1 amide bonds. The number of halogens is 2. The van der Waals surface area contributed by atoms with Crippen LogP contribution in [0.4, 0.5) is 14.6 Å². The highest BCUT2D eigenvalue weighted by molar-refractivity contribution is 5.87. The summed E-state index contributed by atoms with van der Waals surface area (Å²) in [5.74, 6) is 2.70. The summed E-state index contributed by atoms with van der Waals surface area (Å²) >= 11 is 0. The zero-order chi connectivity index (χ0) is 36.4. The molecular weight excluding hydrogens is 664 g/mol. The van der Waals surface area contributed by atoms with Crippen molar-refractivity contribution in [3.8, 4) is 18.4 Å². The Hall–Kier alpha value is -4.44. The van der Waals surface area contributed by atoms with E-state index in [0.29, 0.717) is 58.4 Å². The smallest absolute Gasteiger partial charge is 0.318 e. The van der Waals surface area contributed by atoms with Crippen LogP contribution in [0.25, 0.3) is 0 Å². The van der Waals surface area contributed by atoms with Crippen LogP contribution in [0.5, 0.6) is 6.01 Å². The average molecular weight is 712 g/mol. The number of aliphatic hydroxyl groups is 1. The first-order valence-electron chi connectivity index (χ1n) is 18.3. The van der Waals surface area contributed by atoms with Crippen molar-refractivity contribution in [1.82, 2.24) is 30.1 Å². The van der Waals surface area contributed by atoms with Gasteiger partial charge in [0, 0.05) is 75.7 Å². The number of nitrogens with one attached hydrogen (secondary N) is 1. The number of fused-ring (bicyclic) bond motifs is 2. The summed E-state index contributed by atoms with van der Waals surface area (Å²) in [5.41, 5.74) is 4.05. The fourth-order valence-electron chi connectivity index (χ4n) is 8.57. The van der Waals surface area contributed by atoms with Crippen LogP contribution in [0, 0.1) is 18.2 Å². The van der Waals surface area contributed by atoms with Crippen LogP contribution in [-0.4, -0.2) is 92.4 Å². The number of aromatic nitrogens is 3. The van der Waals surface area contributed by atoms with Gasteiger partial charge in [-0.3, -0.25) is 19.6 Å². The third-order valence-electron chi connectivity index (χ3n) is 11.2. The first-order valence-corrected chi connectivity index (χ1v) is 18.3. The van der Waals surface area contributed by atoms with Gasteiger partial charge in [-0.25, -0.2) is 8.78 Å². The molecule has 5 heterocycles. The maximum atomic E-state index is 15.0. The summed E-state index contributed by atoms with van der Waals surface area (Å²) in [6.45, 7) is 9.02. The highest BCUT2D eigenvalue weighted by Crippen LogP contribution is 2.41. The molecule has 1 aromatic carbocycles. The molecule has 0 spiro atoms. The van der Waals surface area contributed by atoms with Crippen LogP contribution in [-0.2, 0) is 30.7 Å². The number of amides is 1. The fourth-order valence-corrected chi connectivity index (χ4v) is 8.57. The van der Waals surface area contributed by atoms with E-state index in [9.17, 15) is 9.90 Å². The molecule has 274 valence electrons. The third kappa shape index (κ3) is 7.54. The van der Waals surface area contributed by atoms with Crippen molar-refractivity contribution in [3.63, 3.8) is 0 Å². The van der Waals surface area contributed by atoms with Gasteiger partial charge in [0.05, 0.1) is 22.9 Å². The standard InChI is InChI=1S/C40H47F2N7O3/c1-4-31-33(42)12-11-27-17-30(50)18-35(37(27)31)47-16-13-32-34(24-47)45-39(46-38(32)48-15-7-6-10-29(23-48)44-36(51)5-2)52-25-40(3)19-28(41)22-49(40)21-26-9-8-14-43-20-26/h1,5,8-9,11-12,14,20,28-30,35,50H,2,6-7,10,13,15-19,21-25H2,3H3,(H,44,51)/t28-,29?,30+,35+,40+/m1/s1. The first-order chi connectivity index (χ1) is 25.1. The van der Waals surface area contributed by atoms with Crippen LogP contribution >= 0.6 is 0 Å². The predicted octanol–water partition coefficient (Wildman–Crippen LogP) is 4.44. The van der Waals surface area contributed by atoms with E-state index in [0.717, 1.165) is 59.6 Å². The molecule has 10 nitrogen and oxygen atoms in total. The molecule has 7 rings (SSSR count). The summed E-state index contributed by atoms with van der Waals surface area (Å²) in [7, 11) is 0. The van der Waals surface area contributed by atoms with Gasteiger partial charge < -0.3 is 20.1 Å². The number of rotatable bonds is 9. The van der Waals surface area contributed by atoms with Gasteiger partial charge in [0.2, 0.25) is 5.91 Å². The zero-order valence-corrected chi connectivity index (χ0v) is 29.7. The average Bonchev–Trinajstić information content (AvgIpc) is 3.26. The first kappa shape index (κ1) is 35.9. The van der Waals surface area contributed by atoms with Gasteiger partial charge in [-0.2, -0.15) is 9.97 Å². The second-order valence-electron chi connectivity index (χ2n) is 14.9. The van der Waals surface area contributed by atoms with Crippen molar-refractivity contribution in [2.75, 3.05) is 37.7 Å². The lowest BCUT2D eigenvalue weighted by atomic mass is 9.81. The summed E-state index contributed by atoms with van der Waals surface area (Å²) in [6.07, 6.45) is 13.6. The number of likely N-dealkylation sites (tertiary alicyclic amines) is 1. The number of pyridine rings is 1. The van der Waals surface area contributed by atoms with Crippen molar-refractivity contribution < 1.29 is 23.4 Å². The van der Waals surface area contributed by atoms with E-state index in [1.54, 1.807) is 18.5 Å². The fraction of sp³-hybridized carbons (Fsp3) is 0.500. The molecule has 3 aliphatic heterocycles. The van der Waals surface area contributed by atoms with Crippen molar-refractivity contribution in [2.24, 2.45) is 0 Å². The van der Waals surface area contributed by atoms with Crippen molar-refractivity contribution in [1.29, 1.82) is 0 Å². The number of ether oxygens (including phenoxy) is 1. The Morgan fingerprint density at radius 1 is 1.25 bits per heavy atom. The van der Waals surface area contributed by atoms with Crippen molar-refractivity contribution in [3.05, 3.63) is 88.6 Å². The molecule has 12 heteroatoms. The van der Waals surface area contributed by atoms with Crippen LogP contribution in [0.1, 0.15) is 78.6 Å². The molecule has 1 unspecified atom stereocenters. The van der Waals surface area contributed by atoms with Gasteiger partial charge in [0.25, 0.3) is 0 Å². The quantitative estimate of drug-likeness (QED) is 0.246. The normalized spacial score (nSPS) is 26.5. The molecule has 0 bridgehead atoms. The second-order valence-corrected chi connectivity index (χ2v) is 14.9. The molecule has 0 radical (unpaired) electrons. The minimum absolute atomic E-state index is 0.0831. The van der Waals surface area contributed by atoms with Crippen molar-refractivity contribution in [2.45, 2.75) is 94.9 Å². The molecule has 1 aliphatic carbocycles. The summed E-state index contributed by atoms with van der Waals surface area (Å²) in [4.78, 5) is 33.1. The number of carbonyl (C=O) groups excluding carboxylic acids is 1. The number of alkyl halides is 1. The van der Waals surface area contributed by atoms with E-state index >= 15 is 8.78 Å². The van der Waals surface area contributed by atoms with Crippen molar-refractivity contribution >= 4 is 11.7 Å². The molecule has 52 heavy (non-hydrogen) atoms. The topological polar surface area (TPSA) is 107 Å². The maximum Gasteiger partial charge on any atom is 0.318 e. The number of carbonyl (C=O) groups is 1. The summed E-state index contributed by atoms with van der Waals surface area (Å²) < 4.78 is 36.5. The van der Waals surface area contributed by atoms with Gasteiger partial charge >= 0.3 is 6.01 Å². The van der Waals surface area contributed by atoms with E-state index < -0.39 is 23.6 Å². The molecule has 2 fully saturated rings.